The molecular formula is C18H17NO3S2. The number of rotatable bonds is 3. The summed E-state index contributed by atoms with van der Waals surface area (Å²) < 4.78 is 3.62. The van der Waals surface area contributed by atoms with Crippen LogP contribution in [0.5, 0.6) is 0 Å². The second kappa shape index (κ2) is 6.18. The molecular weight excluding hydrogens is 342 g/mol. The molecule has 1 fully saturated rings. The van der Waals surface area contributed by atoms with Gasteiger partial charge in [0.1, 0.15) is 0 Å². The zero-order valence-corrected chi connectivity index (χ0v) is 14.7. The molecule has 24 heavy (non-hydrogen) atoms. The van der Waals surface area contributed by atoms with Gasteiger partial charge < -0.3 is 10.0 Å². The lowest BCUT2D eigenvalue weighted by atomic mass is 9.93. The number of carboxylic acid groups (broad SMARTS) is 1. The number of piperidine rings is 1. The van der Waals surface area contributed by atoms with Crippen molar-refractivity contribution in [2.24, 2.45) is 5.92 Å². The fraction of sp³-hybridized carbons (Fsp3) is 0.333. The zero-order valence-electron chi connectivity index (χ0n) is 13.0. The number of likely N-dealkylation sites (tertiary alicyclic amines) is 1. The molecule has 1 aliphatic heterocycles. The van der Waals surface area contributed by atoms with Crippen molar-refractivity contribution >= 4 is 54.0 Å². The maximum absolute atomic E-state index is 12.8. The Bertz CT molecular complexity index is 919. The lowest BCUT2D eigenvalue weighted by molar-refractivity contribution is -0.138. The van der Waals surface area contributed by atoms with Crippen LogP contribution in [-0.2, 0) is 4.79 Å². The molecule has 3 heterocycles. The van der Waals surface area contributed by atoms with Crippen LogP contribution in [0.25, 0.3) is 19.5 Å². The van der Waals surface area contributed by atoms with E-state index >= 15 is 0 Å². The van der Waals surface area contributed by atoms with Crippen molar-refractivity contribution in [3.8, 4) is 0 Å². The Balaban J connectivity index is 1.52. The highest BCUT2D eigenvalue weighted by atomic mass is 32.1. The van der Waals surface area contributed by atoms with Gasteiger partial charge in [-0.1, -0.05) is 18.2 Å². The minimum absolute atomic E-state index is 0.0845. The molecule has 0 radical (unpaired) electrons. The summed E-state index contributed by atoms with van der Waals surface area (Å²) in [6.07, 6.45) is 1.77. The van der Waals surface area contributed by atoms with Crippen molar-refractivity contribution in [3.63, 3.8) is 0 Å². The van der Waals surface area contributed by atoms with E-state index in [-0.39, 0.29) is 18.2 Å². The maximum atomic E-state index is 12.8. The Labute approximate surface area is 147 Å². The van der Waals surface area contributed by atoms with Gasteiger partial charge in [0.25, 0.3) is 5.91 Å². The van der Waals surface area contributed by atoms with Gasteiger partial charge in [0.15, 0.2) is 0 Å². The Morgan fingerprint density at radius 2 is 1.88 bits per heavy atom. The minimum atomic E-state index is -0.745. The summed E-state index contributed by atoms with van der Waals surface area (Å²) in [5, 5.41) is 10.1. The van der Waals surface area contributed by atoms with E-state index in [2.05, 4.69) is 12.1 Å². The number of carbonyl (C=O) groups excluding carboxylic acids is 1. The van der Waals surface area contributed by atoms with Gasteiger partial charge in [-0.2, -0.15) is 0 Å². The summed E-state index contributed by atoms with van der Waals surface area (Å²) in [5.74, 6) is -0.464. The van der Waals surface area contributed by atoms with Gasteiger partial charge in [0, 0.05) is 34.3 Å². The van der Waals surface area contributed by atoms with Gasteiger partial charge in [0.2, 0.25) is 0 Å². The van der Waals surface area contributed by atoms with Crippen LogP contribution >= 0.6 is 22.7 Å². The summed E-state index contributed by atoms with van der Waals surface area (Å²) in [6, 6.07) is 10.3. The second-order valence-corrected chi connectivity index (χ2v) is 8.37. The van der Waals surface area contributed by atoms with E-state index in [1.165, 1.54) is 19.5 Å². The van der Waals surface area contributed by atoms with E-state index < -0.39 is 5.97 Å². The predicted molar refractivity (Wildman–Crippen MR) is 98.1 cm³/mol. The largest absolute Gasteiger partial charge is 0.481 e. The van der Waals surface area contributed by atoms with Crippen molar-refractivity contribution < 1.29 is 14.7 Å². The van der Waals surface area contributed by atoms with Crippen LogP contribution in [0.4, 0.5) is 0 Å². The fourth-order valence-electron chi connectivity index (χ4n) is 3.35. The third-order valence-electron chi connectivity index (χ3n) is 4.63. The number of benzene rings is 1. The standard InChI is InChI=1S/C18H17NO3S2/c20-16(21)9-11-5-7-19(8-6-11)18(22)15-10-14-17(24-15)12-3-1-2-4-13(12)23-14/h1-4,10-11H,5-9H2,(H,20,21). The number of hydrogen-bond acceptors (Lipinski definition) is 4. The number of nitrogens with zero attached hydrogens (tertiary/aromatic N) is 1. The summed E-state index contributed by atoms with van der Waals surface area (Å²) in [5.41, 5.74) is 0. The molecule has 0 saturated carbocycles. The van der Waals surface area contributed by atoms with E-state index in [9.17, 15) is 9.59 Å². The Morgan fingerprint density at radius 3 is 2.62 bits per heavy atom. The fourth-order valence-corrected chi connectivity index (χ4v) is 5.84. The molecule has 1 N–H and O–H groups in total. The topological polar surface area (TPSA) is 57.6 Å². The maximum Gasteiger partial charge on any atom is 0.303 e. The molecule has 3 aromatic rings. The molecule has 0 aliphatic carbocycles. The van der Waals surface area contributed by atoms with Crippen LogP contribution in [0.15, 0.2) is 30.3 Å². The molecule has 1 aromatic carbocycles. The summed E-state index contributed by atoms with van der Waals surface area (Å²) in [4.78, 5) is 26.2. The lowest BCUT2D eigenvalue weighted by Gasteiger charge is -2.31. The molecule has 124 valence electrons. The average Bonchev–Trinajstić information content (AvgIpc) is 3.12. The lowest BCUT2D eigenvalue weighted by Crippen LogP contribution is -2.38. The Morgan fingerprint density at radius 1 is 1.12 bits per heavy atom. The number of aliphatic carboxylic acids is 1. The Kier molecular flexibility index (Phi) is 4.02. The molecule has 0 atom stereocenters. The van der Waals surface area contributed by atoms with Crippen LogP contribution in [0, 0.1) is 5.92 Å². The van der Waals surface area contributed by atoms with Crippen LogP contribution in [0.2, 0.25) is 0 Å². The quantitative estimate of drug-likeness (QED) is 0.752. The summed E-state index contributed by atoms with van der Waals surface area (Å²) >= 11 is 3.30. The molecule has 0 unspecified atom stereocenters. The van der Waals surface area contributed by atoms with Gasteiger partial charge in [0.05, 0.1) is 9.58 Å². The van der Waals surface area contributed by atoms with Crippen LogP contribution < -0.4 is 0 Å². The van der Waals surface area contributed by atoms with E-state index in [1.807, 2.05) is 23.1 Å². The molecule has 1 saturated heterocycles. The number of fused-ring (bicyclic) bond motifs is 3. The van der Waals surface area contributed by atoms with E-state index in [1.54, 1.807) is 22.7 Å². The molecule has 1 aliphatic rings. The zero-order chi connectivity index (χ0) is 16.7. The van der Waals surface area contributed by atoms with Crippen LogP contribution in [0.3, 0.4) is 0 Å². The first-order valence-electron chi connectivity index (χ1n) is 8.04. The van der Waals surface area contributed by atoms with Gasteiger partial charge in [-0.25, -0.2) is 0 Å². The van der Waals surface area contributed by atoms with Crippen LogP contribution in [-0.4, -0.2) is 35.0 Å². The third-order valence-corrected chi connectivity index (χ3v) is 7.03. The van der Waals surface area contributed by atoms with Crippen molar-refractivity contribution in [3.05, 3.63) is 35.2 Å². The molecule has 4 nitrogen and oxygen atoms in total. The number of amides is 1. The minimum Gasteiger partial charge on any atom is -0.481 e. The number of hydrogen-bond donors (Lipinski definition) is 1. The molecule has 4 rings (SSSR count). The smallest absolute Gasteiger partial charge is 0.303 e. The highest BCUT2D eigenvalue weighted by Gasteiger charge is 2.26. The number of carbonyl (C=O) groups is 2. The highest BCUT2D eigenvalue weighted by molar-refractivity contribution is 7.33. The predicted octanol–water partition coefficient (Wildman–Crippen LogP) is 4.44. The van der Waals surface area contributed by atoms with Crippen molar-refractivity contribution in [1.82, 2.24) is 4.90 Å². The molecule has 1 amide bonds. The first-order chi connectivity index (χ1) is 11.6. The first-order valence-corrected chi connectivity index (χ1v) is 9.67. The molecule has 0 spiro atoms. The van der Waals surface area contributed by atoms with Gasteiger partial charge >= 0.3 is 5.97 Å². The summed E-state index contributed by atoms with van der Waals surface area (Å²) in [6.45, 7) is 1.31. The average molecular weight is 359 g/mol. The number of carboxylic acids is 1. The molecule has 0 bridgehead atoms. The van der Waals surface area contributed by atoms with Crippen molar-refractivity contribution in [2.45, 2.75) is 19.3 Å². The van der Waals surface area contributed by atoms with E-state index in [0.717, 1.165) is 17.7 Å². The summed E-state index contributed by atoms with van der Waals surface area (Å²) in [7, 11) is 0. The SMILES string of the molecule is O=C(O)CC1CCN(C(=O)c2cc3sc4ccccc4c3s2)CC1. The van der Waals surface area contributed by atoms with Gasteiger partial charge in [-0.05, 0) is 30.9 Å². The molecule has 2 aromatic heterocycles. The van der Waals surface area contributed by atoms with Gasteiger partial charge in [-0.3, -0.25) is 9.59 Å². The van der Waals surface area contributed by atoms with Crippen LogP contribution in [0.1, 0.15) is 28.9 Å². The van der Waals surface area contributed by atoms with Crippen molar-refractivity contribution in [2.75, 3.05) is 13.1 Å². The second-order valence-electron chi connectivity index (χ2n) is 6.24. The third kappa shape index (κ3) is 2.80. The van der Waals surface area contributed by atoms with Crippen molar-refractivity contribution in [1.29, 1.82) is 0 Å². The van der Waals surface area contributed by atoms with Gasteiger partial charge in [-0.15, -0.1) is 22.7 Å². The monoisotopic (exact) mass is 359 g/mol. The number of thiophene rings is 2. The Hall–Kier alpha value is -1.92. The normalized spacial score (nSPS) is 16.1. The molecule has 6 heteroatoms. The first kappa shape index (κ1) is 15.6. The van der Waals surface area contributed by atoms with E-state index in [4.69, 9.17) is 5.11 Å². The highest BCUT2D eigenvalue weighted by Crippen LogP contribution is 2.39. The van der Waals surface area contributed by atoms with E-state index in [0.29, 0.717) is 13.1 Å².